The first-order chi connectivity index (χ1) is 12.4. The number of ether oxygens (including phenoxy) is 2. The van der Waals surface area contributed by atoms with Gasteiger partial charge in [0, 0.05) is 11.9 Å². The van der Waals surface area contributed by atoms with Gasteiger partial charge in [-0.25, -0.2) is 4.98 Å². The maximum absolute atomic E-state index is 12.6. The molecule has 9 heteroatoms. The highest BCUT2D eigenvalue weighted by Crippen LogP contribution is 2.31. The van der Waals surface area contributed by atoms with Crippen LogP contribution in [0.1, 0.15) is 16.8 Å². The molecule has 1 aliphatic rings. The number of hydrogen-bond donors (Lipinski definition) is 1. The molecule has 1 unspecified atom stereocenters. The van der Waals surface area contributed by atoms with Crippen LogP contribution in [-0.2, 0) is 0 Å². The van der Waals surface area contributed by atoms with Crippen LogP contribution < -0.4 is 14.8 Å². The van der Waals surface area contributed by atoms with E-state index < -0.39 is 18.0 Å². The number of hydrogen-bond acceptors (Lipinski definition) is 5. The Bertz CT molecular complexity index is 780. The molecule has 1 N–H and O–H groups in total. The molecule has 0 saturated carbocycles. The molecule has 1 aromatic heterocycles. The molecule has 1 amide bonds. The van der Waals surface area contributed by atoms with E-state index in [1.165, 1.54) is 30.5 Å². The van der Waals surface area contributed by atoms with Crippen molar-refractivity contribution in [1.82, 2.24) is 4.98 Å². The van der Waals surface area contributed by atoms with Crippen LogP contribution in [0.4, 0.5) is 18.9 Å². The van der Waals surface area contributed by atoms with Gasteiger partial charge in [0.1, 0.15) is 11.7 Å². The Labute approximate surface area is 151 Å². The average Bonchev–Trinajstić information content (AvgIpc) is 3.09. The van der Waals surface area contributed by atoms with Gasteiger partial charge >= 0.3 is 6.36 Å². The first-order valence-corrected chi connectivity index (χ1v) is 8.93. The van der Waals surface area contributed by atoms with Crippen LogP contribution >= 0.6 is 11.8 Å². The molecule has 1 aromatic carbocycles. The summed E-state index contributed by atoms with van der Waals surface area (Å²) in [6, 6.07) is 8.39. The lowest BCUT2D eigenvalue weighted by Gasteiger charge is -2.16. The largest absolute Gasteiger partial charge is 0.573 e. The number of benzene rings is 1. The van der Waals surface area contributed by atoms with Gasteiger partial charge in [0.15, 0.2) is 5.75 Å². The number of thioether (sulfide) groups is 1. The van der Waals surface area contributed by atoms with Crippen LogP contribution in [0, 0.1) is 0 Å². The Morgan fingerprint density at radius 2 is 2.04 bits per heavy atom. The predicted octanol–water partition coefficient (Wildman–Crippen LogP) is 4.12. The fourth-order valence-corrected chi connectivity index (χ4v) is 3.49. The molecule has 0 bridgehead atoms. The molecule has 0 radical (unpaired) electrons. The average molecular weight is 384 g/mol. The van der Waals surface area contributed by atoms with E-state index in [-0.39, 0.29) is 23.2 Å². The van der Waals surface area contributed by atoms with E-state index in [9.17, 15) is 18.0 Å². The molecule has 0 spiro atoms. The van der Waals surface area contributed by atoms with Crippen molar-refractivity contribution in [2.75, 3.05) is 16.8 Å². The lowest BCUT2D eigenvalue weighted by molar-refractivity contribution is -0.274. The summed E-state index contributed by atoms with van der Waals surface area (Å²) >= 11 is 1.75. The number of amides is 1. The van der Waals surface area contributed by atoms with Gasteiger partial charge in [0.2, 0.25) is 5.88 Å². The highest BCUT2D eigenvalue weighted by atomic mass is 32.2. The van der Waals surface area contributed by atoms with E-state index in [1.807, 2.05) is 0 Å². The minimum absolute atomic E-state index is 0.0395. The third-order valence-electron chi connectivity index (χ3n) is 3.54. The van der Waals surface area contributed by atoms with Crippen LogP contribution in [0.15, 0.2) is 42.6 Å². The van der Waals surface area contributed by atoms with E-state index in [0.29, 0.717) is 0 Å². The lowest BCUT2D eigenvalue weighted by atomic mass is 10.2. The van der Waals surface area contributed by atoms with Crippen molar-refractivity contribution in [3.8, 4) is 11.6 Å². The summed E-state index contributed by atoms with van der Waals surface area (Å²) in [5, 5.41) is 2.43. The van der Waals surface area contributed by atoms with Gasteiger partial charge in [-0.15, -0.1) is 13.2 Å². The molecule has 26 heavy (non-hydrogen) atoms. The zero-order chi connectivity index (χ0) is 18.6. The Morgan fingerprint density at radius 1 is 1.23 bits per heavy atom. The summed E-state index contributed by atoms with van der Waals surface area (Å²) in [6.45, 7) is 0. The first-order valence-electron chi connectivity index (χ1n) is 7.78. The Hall–Kier alpha value is -2.42. The first kappa shape index (κ1) is 18.4. The number of nitrogens with one attached hydrogen (secondary N) is 1. The zero-order valence-corrected chi connectivity index (χ0v) is 14.3. The SMILES string of the molecule is O=C(Nc1ccccc1OC(F)(F)F)c1cccnc1OC1CCSC1. The van der Waals surface area contributed by atoms with Crippen molar-refractivity contribution in [2.24, 2.45) is 0 Å². The second-order valence-electron chi connectivity index (χ2n) is 5.46. The van der Waals surface area contributed by atoms with Gasteiger partial charge in [-0.1, -0.05) is 12.1 Å². The quantitative estimate of drug-likeness (QED) is 0.841. The zero-order valence-electron chi connectivity index (χ0n) is 13.5. The van der Waals surface area contributed by atoms with E-state index in [4.69, 9.17) is 4.74 Å². The fraction of sp³-hybridized carbons (Fsp3) is 0.294. The van der Waals surface area contributed by atoms with Crippen LogP contribution in [-0.4, -0.2) is 34.9 Å². The van der Waals surface area contributed by atoms with Crippen LogP contribution in [0.5, 0.6) is 11.6 Å². The van der Waals surface area contributed by atoms with Crippen molar-refractivity contribution < 1.29 is 27.4 Å². The van der Waals surface area contributed by atoms with Crippen LogP contribution in [0.25, 0.3) is 0 Å². The number of rotatable bonds is 5. The Kier molecular flexibility index (Phi) is 5.55. The number of aromatic nitrogens is 1. The van der Waals surface area contributed by atoms with Crippen LogP contribution in [0.3, 0.4) is 0 Å². The highest BCUT2D eigenvalue weighted by molar-refractivity contribution is 7.99. The number of carbonyl (C=O) groups excluding carboxylic acids is 1. The van der Waals surface area contributed by atoms with E-state index >= 15 is 0 Å². The molecular weight excluding hydrogens is 369 g/mol. The van der Waals surface area contributed by atoms with E-state index in [0.717, 1.165) is 24.0 Å². The summed E-state index contributed by atoms with van der Waals surface area (Å²) < 4.78 is 47.2. The van der Waals surface area contributed by atoms with Crippen molar-refractivity contribution in [2.45, 2.75) is 18.9 Å². The normalized spacial score (nSPS) is 17.0. The molecule has 2 aromatic rings. The van der Waals surface area contributed by atoms with Crippen molar-refractivity contribution in [3.05, 3.63) is 48.2 Å². The lowest BCUT2D eigenvalue weighted by Crippen LogP contribution is -2.21. The Balaban J connectivity index is 1.79. The molecule has 1 saturated heterocycles. The number of halogens is 3. The van der Waals surface area contributed by atoms with E-state index in [2.05, 4.69) is 15.0 Å². The highest BCUT2D eigenvalue weighted by Gasteiger charge is 2.32. The third kappa shape index (κ3) is 4.81. The smallest absolute Gasteiger partial charge is 0.473 e. The van der Waals surface area contributed by atoms with Gasteiger partial charge in [0.25, 0.3) is 5.91 Å². The number of para-hydroxylation sites is 2. The summed E-state index contributed by atoms with van der Waals surface area (Å²) in [4.78, 5) is 16.6. The molecule has 2 heterocycles. The molecule has 3 rings (SSSR count). The standard InChI is InChI=1S/C17H15F3N2O3S/c18-17(19,20)25-14-6-2-1-5-13(14)22-15(23)12-4-3-8-21-16(12)24-11-7-9-26-10-11/h1-6,8,11H,7,9-10H2,(H,22,23). The number of carbonyl (C=O) groups is 1. The van der Waals surface area contributed by atoms with Crippen molar-refractivity contribution >= 4 is 23.4 Å². The maximum atomic E-state index is 12.6. The number of alkyl halides is 3. The number of pyridine rings is 1. The number of nitrogens with zero attached hydrogens (tertiary/aromatic N) is 1. The minimum Gasteiger partial charge on any atom is -0.473 e. The van der Waals surface area contributed by atoms with Crippen molar-refractivity contribution in [1.29, 1.82) is 0 Å². The second kappa shape index (κ2) is 7.86. The summed E-state index contributed by atoms with van der Waals surface area (Å²) in [5.41, 5.74) is 0.0484. The van der Waals surface area contributed by atoms with Crippen molar-refractivity contribution in [3.63, 3.8) is 0 Å². The molecule has 0 aliphatic carbocycles. The van der Waals surface area contributed by atoms with Gasteiger partial charge in [-0.2, -0.15) is 11.8 Å². The van der Waals surface area contributed by atoms with Gasteiger partial charge in [-0.3, -0.25) is 4.79 Å². The van der Waals surface area contributed by atoms with Gasteiger partial charge < -0.3 is 14.8 Å². The van der Waals surface area contributed by atoms with Crippen LogP contribution in [0.2, 0.25) is 0 Å². The Morgan fingerprint density at radius 3 is 2.77 bits per heavy atom. The molecular formula is C17H15F3N2O3S. The summed E-state index contributed by atoms with van der Waals surface area (Å²) in [6.07, 6.45) is -2.55. The van der Waals surface area contributed by atoms with E-state index in [1.54, 1.807) is 17.8 Å². The third-order valence-corrected chi connectivity index (χ3v) is 4.67. The second-order valence-corrected chi connectivity index (χ2v) is 6.61. The minimum atomic E-state index is -4.86. The molecule has 1 atom stereocenters. The van der Waals surface area contributed by atoms with Gasteiger partial charge in [-0.05, 0) is 36.4 Å². The van der Waals surface area contributed by atoms with Gasteiger partial charge in [0.05, 0.1) is 5.69 Å². The molecule has 1 aliphatic heterocycles. The number of anilines is 1. The maximum Gasteiger partial charge on any atom is 0.573 e. The predicted molar refractivity (Wildman–Crippen MR) is 91.7 cm³/mol. The fourth-order valence-electron chi connectivity index (χ4n) is 2.39. The molecule has 5 nitrogen and oxygen atoms in total. The summed E-state index contributed by atoms with van der Waals surface area (Å²) in [5.74, 6) is 0.816. The monoisotopic (exact) mass is 384 g/mol. The summed E-state index contributed by atoms with van der Waals surface area (Å²) in [7, 11) is 0. The molecule has 1 fully saturated rings. The molecule has 138 valence electrons. The topological polar surface area (TPSA) is 60.5 Å².